The average molecular weight is 369 g/mol. The van der Waals surface area contributed by atoms with E-state index in [9.17, 15) is 29.7 Å². The minimum absolute atomic E-state index is 0.0112. The number of ether oxygens (including phenoxy) is 1. The lowest BCUT2D eigenvalue weighted by Crippen LogP contribution is -2.34. The lowest BCUT2D eigenvalue weighted by Gasteiger charge is -2.22. The lowest BCUT2D eigenvalue weighted by atomic mass is 9.95. The lowest BCUT2D eigenvalue weighted by molar-refractivity contribution is 0.0115. The molecule has 0 bridgehead atoms. The van der Waals surface area contributed by atoms with Gasteiger partial charge in [0.1, 0.15) is 11.7 Å². The van der Waals surface area contributed by atoms with Gasteiger partial charge in [0.2, 0.25) is 0 Å². The highest BCUT2D eigenvalue weighted by Gasteiger charge is 2.25. The molecule has 1 rings (SSSR count). The zero-order valence-corrected chi connectivity index (χ0v) is 14.7. The van der Waals surface area contributed by atoms with E-state index < -0.39 is 41.4 Å². The Morgan fingerprint density at radius 3 is 2.23 bits per heavy atom. The van der Waals surface area contributed by atoms with E-state index in [1.54, 1.807) is 20.8 Å². The van der Waals surface area contributed by atoms with E-state index in [1.165, 1.54) is 0 Å². The van der Waals surface area contributed by atoms with Gasteiger partial charge in [-0.25, -0.2) is 14.4 Å². The number of amides is 1. The van der Waals surface area contributed by atoms with Gasteiger partial charge >= 0.3 is 18.0 Å². The molecule has 26 heavy (non-hydrogen) atoms. The molecule has 1 aromatic rings. The van der Waals surface area contributed by atoms with Crippen molar-refractivity contribution in [3.63, 3.8) is 0 Å². The van der Waals surface area contributed by atoms with Gasteiger partial charge in [0.05, 0.1) is 17.2 Å². The quantitative estimate of drug-likeness (QED) is 0.483. The zero-order chi connectivity index (χ0) is 20.1. The fourth-order valence-corrected chi connectivity index (χ4v) is 2.13. The van der Waals surface area contributed by atoms with Crippen molar-refractivity contribution >= 4 is 18.0 Å². The molecule has 0 saturated carbocycles. The Bertz CT molecular complexity index is 680. The molecular weight excluding hydrogens is 346 g/mol. The van der Waals surface area contributed by atoms with Crippen LogP contribution in [0.25, 0.3) is 0 Å². The Hall–Kier alpha value is -2.65. The summed E-state index contributed by atoms with van der Waals surface area (Å²) >= 11 is 0. The summed E-state index contributed by atoms with van der Waals surface area (Å²) in [6, 6.07) is 3.19. The molecule has 9 nitrogen and oxygen atoms in total. The second kappa shape index (κ2) is 8.63. The minimum Gasteiger partial charge on any atom is -0.478 e. The van der Waals surface area contributed by atoms with E-state index in [1.807, 2.05) is 0 Å². The summed E-state index contributed by atoms with van der Waals surface area (Å²) in [6.07, 6.45) is -3.69. The monoisotopic (exact) mass is 369 g/mol. The standard InChI is InChI=1S/C17H23NO8/c1-17(2,3)26-16(25)18-7-6-12(19)13(20)10-5-4-9(14(21)22)8-11(10)15(23)24/h4-5,8,12-13,19-20H,6-7H2,1-3H3,(H,18,25)(H,21,22)(H,23,24). The van der Waals surface area contributed by atoms with Gasteiger partial charge < -0.3 is 30.5 Å². The van der Waals surface area contributed by atoms with E-state index in [2.05, 4.69) is 5.32 Å². The molecule has 0 saturated heterocycles. The smallest absolute Gasteiger partial charge is 0.407 e. The van der Waals surface area contributed by atoms with Crippen molar-refractivity contribution in [1.29, 1.82) is 0 Å². The molecular formula is C17H23NO8. The molecule has 0 aromatic heterocycles. The molecule has 144 valence electrons. The number of carboxylic acids is 2. The molecule has 1 aromatic carbocycles. The van der Waals surface area contributed by atoms with Crippen LogP contribution in [0, 0.1) is 0 Å². The summed E-state index contributed by atoms with van der Waals surface area (Å²) in [5, 5.41) is 40.8. The van der Waals surface area contributed by atoms with Crippen molar-refractivity contribution in [2.24, 2.45) is 0 Å². The fraction of sp³-hybridized carbons (Fsp3) is 0.471. The van der Waals surface area contributed by atoms with Crippen molar-refractivity contribution in [2.45, 2.75) is 45.0 Å². The Balaban J connectivity index is 2.76. The second-order valence-corrected chi connectivity index (χ2v) is 6.64. The predicted molar refractivity (Wildman–Crippen MR) is 90.2 cm³/mol. The SMILES string of the molecule is CC(C)(C)OC(=O)NCCC(O)C(O)c1ccc(C(=O)O)cc1C(=O)O. The first kappa shape index (κ1) is 21.4. The predicted octanol–water partition coefficient (Wildman–Crippen LogP) is 1.39. The van der Waals surface area contributed by atoms with Crippen LogP contribution in [0.3, 0.4) is 0 Å². The molecule has 0 fully saturated rings. The first-order chi connectivity index (χ1) is 11.9. The van der Waals surface area contributed by atoms with Crippen LogP contribution in [0.15, 0.2) is 18.2 Å². The number of aromatic carboxylic acids is 2. The van der Waals surface area contributed by atoms with Crippen LogP contribution in [0.4, 0.5) is 4.79 Å². The number of alkyl carbamates (subject to hydrolysis) is 1. The normalized spacial score (nSPS) is 13.6. The van der Waals surface area contributed by atoms with Gasteiger partial charge in [0.15, 0.2) is 0 Å². The van der Waals surface area contributed by atoms with E-state index in [0.29, 0.717) is 0 Å². The summed E-state index contributed by atoms with van der Waals surface area (Å²) in [5.41, 5.74) is -1.46. The van der Waals surface area contributed by atoms with Crippen molar-refractivity contribution in [2.75, 3.05) is 6.54 Å². The minimum atomic E-state index is -1.57. The van der Waals surface area contributed by atoms with Crippen LogP contribution < -0.4 is 5.32 Å². The number of rotatable bonds is 7. The molecule has 0 radical (unpaired) electrons. The maximum Gasteiger partial charge on any atom is 0.407 e. The number of aliphatic hydroxyl groups excluding tert-OH is 2. The third-order valence-corrected chi connectivity index (χ3v) is 3.32. The number of carbonyl (C=O) groups excluding carboxylic acids is 1. The molecule has 5 N–H and O–H groups in total. The highest BCUT2D eigenvalue weighted by Crippen LogP contribution is 2.24. The fourth-order valence-electron chi connectivity index (χ4n) is 2.13. The number of hydrogen-bond donors (Lipinski definition) is 5. The molecule has 2 unspecified atom stereocenters. The van der Waals surface area contributed by atoms with Crippen molar-refractivity contribution in [1.82, 2.24) is 5.32 Å². The topological polar surface area (TPSA) is 153 Å². The van der Waals surface area contributed by atoms with Gasteiger partial charge in [-0.1, -0.05) is 6.07 Å². The van der Waals surface area contributed by atoms with Crippen molar-refractivity contribution < 1.29 is 39.5 Å². The number of carboxylic acid groups (broad SMARTS) is 2. The Kier molecular flexibility index (Phi) is 7.10. The summed E-state index contributed by atoms with van der Waals surface area (Å²) in [4.78, 5) is 33.8. The summed E-state index contributed by atoms with van der Waals surface area (Å²) in [6.45, 7) is 5.07. The third-order valence-electron chi connectivity index (χ3n) is 3.32. The van der Waals surface area contributed by atoms with Crippen molar-refractivity contribution in [3.8, 4) is 0 Å². The first-order valence-electron chi connectivity index (χ1n) is 7.86. The maximum absolute atomic E-state index is 11.5. The van der Waals surface area contributed by atoms with E-state index in [0.717, 1.165) is 18.2 Å². The van der Waals surface area contributed by atoms with Gasteiger partial charge in [-0.3, -0.25) is 0 Å². The largest absolute Gasteiger partial charge is 0.478 e. The van der Waals surface area contributed by atoms with Gasteiger partial charge in [-0.2, -0.15) is 0 Å². The molecule has 0 aliphatic carbocycles. The maximum atomic E-state index is 11.5. The summed E-state index contributed by atoms with van der Waals surface area (Å²) in [7, 11) is 0. The molecule has 0 spiro atoms. The van der Waals surface area contributed by atoms with Gasteiger partial charge in [0, 0.05) is 6.54 Å². The zero-order valence-electron chi connectivity index (χ0n) is 14.7. The molecule has 1 amide bonds. The van der Waals surface area contributed by atoms with Crippen LogP contribution >= 0.6 is 0 Å². The average Bonchev–Trinajstić information content (AvgIpc) is 2.51. The van der Waals surface area contributed by atoms with Crippen LogP contribution in [-0.2, 0) is 4.74 Å². The number of aliphatic hydroxyl groups is 2. The van der Waals surface area contributed by atoms with E-state index >= 15 is 0 Å². The molecule has 0 aliphatic heterocycles. The number of benzene rings is 1. The molecule has 2 atom stereocenters. The van der Waals surface area contributed by atoms with Gasteiger partial charge in [-0.15, -0.1) is 0 Å². The van der Waals surface area contributed by atoms with Crippen LogP contribution in [0.1, 0.15) is 59.6 Å². The van der Waals surface area contributed by atoms with Crippen LogP contribution in [0.2, 0.25) is 0 Å². The van der Waals surface area contributed by atoms with Gasteiger partial charge in [0.25, 0.3) is 0 Å². The van der Waals surface area contributed by atoms with E-state index in [-0.39, 0.29) is 24.1 Å². The summed E-state index contributed by atoms with van der Waals surface area (Å²) in [5.74, 6) is -2.74. The third kappa shape index (κ3) is 6.34. The molecule has 0 heterocycles. The Morgan fingerprint density at radius 1 is 1.12 bits per heavy atom. The van der Waals surface area contributed by atoms with Gasteiger partial charge in [-0.05, 0) is 44.9 Å². The molecule has 0 aliphatic rings. The first-order valence-corrected chi connectivity index (χ1v) is 7.86. The van der Waals surface area contributed by atoms with Crippen LogP contribution in [-0.4, -0.2) is 56.7 Å². The Morgan fingerprint density at radius 2 is 1.73 bits per heavy atom. The number of carbonyl (C=O) groups is 3. The number of hydrogen-bond acceptors (Lipinski definition) is 6. The highest BCUT2D eigenvalue weighted by molar-refractivity contribution is 5.95. The molecule has 9 heteroatoms. The van der Waals surface area contributed by atoms with E-state index in [4.69, 9.17) is 9.84 Å². The second-order valence-electron chi connectivity index (χ2n) is 6.64. The van der Waals surface area contributed by atoms with Crippen molar-refractivity contribution in [3.05, 3.63) is 34.9 Å². The highest BCUT2D eigenvalue weighted by atomic mass is 16.6. The van der Waals surface area contributed by atoms with Crippen LogP contribution in [0.5, 0.6) is 0 Å². The number of nitrogens with one attached hydrogen (secondary N) is 1. The Labute approximate surface area is 150 Å². The summed E-state index contributed by atoms with van der Waals surface area (Å²) < 4.78 is 5.02.